The zero-order valence-electron chi connectivity index (χ0n) is 25.6. The monoisotopic (exact) mass is 621 g/mol. The number of hydrogen-bond acceptors (Lipinski definition) is 8. The first-order valence-corrected chi connectivity index (χ1v) is 16.5. The van der Waals surface area contributed by atoms with Crippen molar-refractivity contribution in [1.29, 1.82) is 5.26 Å². The van der Waals surface area contributed by atoms with Gasteiger partial charge in [-0.15, -0.1) is 0 Å². The number of pyridine rings is 1. The number of fused-ring (bicyclic) bond motifs is 1. The van der Waals surface area contributed by atoms with Crippen LogP contribution in [0.4, 0.5) is 11.4 Å². The molecule has 0 saturated carbocycles. The molecule has 3 heterocycles. The molecular formula is C35H35N5O4S. The van der Waals surface area contributed by atoms with Crippen molar-refractivity contribution in [2.45, 2.75) is 37.1 Å². The Hall–Kier alpha value is -4.72. The topological polar surface area (TPSA) is 107 Å². The Kier molecular flexibility index (Phi) is 8.08. The van der Waals surface area contributed by atoms with Crippen LogP contribution in [0.25, 0.3) is 0 Å². The molecule has 3 aromatic carbocycles. The second kappa shape index (κ2) is 12.0. The van der Waals surface area contributed by atoms with Crippen LogP contribution in [0.2, 0.25) is 0 Å². The van der Waals surface area contributed by atoms with Crippen LogP contribution in [-0.2, 0) is 20.4 Å². The first-order valence-electron chi connectivity index (χ1n) is 15.1. The maximum Gasteiger partial charge on any atom is 0.271 e. The van der Waals surface area contributed by atoms with Gasteiger partial charge in [-0.3, -0.25) is 14.7 Å². The van der Waals surface area contributed by atoms with E-state index in [1.807, 2.05) is 56.0 Å². The van der Waals surface area contributed by atoms with Crippen LogP contribution >= 0.6 is 0 Å². The molecule has 230 valence electrons. The molecule has 10 heteroatoms. The number of rotatable bonds is 8. The minimum atomic E-state index is -4.34. The van der Waals surface area contributed by atoms with E-state index < -0.39 is 21.5 Å². The fraction of sp³-hybridized carbons (Fsp3) is 0.286. The average Bonchev–Trinajstić information content (AvgIpc) is 3.34. The number of hydrogen-bond donors (Lipinski definition) is 0. The summed E-state index contributed by atoms with van der Waals surface area (Å²) in [4.78, 5) is 23.6. The Bertz CT molecular complexity index is 1860. The Morgan fingerprint density at radius 3 is 2.27 bits per heavy atom. The van der Waals surface area contributed by atoms with Gasteiger partial charge in [-0.1, -0.05) is 44.2 Å². The molecule has 1 aromatic heterocycles. The molecule has 0 radical (unpaired) electrons. The number of aromatic nitrogens is 1. The van der Waals surface area contributed by atoms with Crippen molar-refractivity contribution < 1.29 is 17.9 Å². The summed E-state index contributed by atoms with van der Waals surface area (Å²) in [5, 5.41) is 9.94. The van der Waals surface area contributed by atoms with E-state index in [2.05, 4.69) is 16.0 Å². The van der Waals surface area contributed by atoms with Crippen molar-refractivity contribution in [1.82, 2.24) is 9.88 Å². The second-order valence-corrected chi connectivity index (χ2v) is 13.2. The van der Waals surface area contributed by atoms with Crippen molar-refractivity contribution in [3.63, 3.8) is 0 Å². The number of carbonyl (C=O) groups excluding carboxylic acids is 1. The molecular weight excluding hydrogens is 586 g/mol. The zero-order chi connectivity index (χ0) is 31.8. The van der Waals surface area contributed by atoms with Crippen molar-refractivity contribution in [2.75, 3.05) is 42.0 Å². The summed E-state index contributed by atoms with van der Waals surface area (Å²) < 4.78 is 36.0. The molecule has 45 heavy (non-hydrogen) atoms. The predicted octanol–water partition coefficient (Wildman–Crippen LogP) is 5.28. The van der Waals surface area contributed by atoms with E-state index in [-0.39, 0.29) is 16.5 Å². The third-order valence-corrected chi connectivity index (χ3v) is 10.4. The molecule has 4 aromatic rings. The number of carbonyl (C=O) groups is 1. The molecule has 0 bridgehead atoms. The number of ether oxygens (including phenoxy) is 1. The van der Waals surface area contributed by atoms with Crippen LogP contribution in [0.15, 0.2) is 96.2 Å². The number of para-hydroxylation sites is 1. The molecule has 2 aliphatic rings. The maximum absolute atomic E-state index is 15.2. The van der Waals surface area contributed by atoms with Crippen molar-refractivity contribution in [3.05, 3.63) is 114 Å². The summed E-state index contributed by atoms with van der Waals surface area (Å²) in [6, 6.07) is 24.9. The number of piperazine rings is 1. The Balaban J connectivity index is 1.55. The van der Waals surface area contributed by atoms with Crippen molar-refractivity contribution in [3.8, 4) is 11.8 Å². The van der Waals surface area contributed by atoms with Gasteiger partial charge in [0, 0.05) is 55.4 Å². The minimum absolute atomic E-state index is 0.0203. The predicted molar refractivity (Wildman–Crippen MR) is 173 cm³/mol. The lowest BCUT2D eigenvalue weighted by atomic mass is 9.80. The molecule has 1 unspecified atom stereocenters. The van der Waals surface area contributed by atoms with Crippen LogP contribution in [0.3, 0.4) is 0 Å². The van der Waals surface area contributed by atoms with Crippen molar-refractivity contribution >= 4 is 27.3 Å². The normalized spacial score (nSPS) is 18.6. The highest BCUT2D eigenvalue weighted by Gasteiger charge is 2.60. The summed E-state index contributed by atoms with van der Waals surface area (Å²) >= 11 is 0. The summed E-state index contributed by atoms with van der Waals surface area (Å²) in [5.74, 6) is 0.0811. The average molecular weight is 622 g/mol. The van der Waals surface area contributed by atoms with E-state index in [4.69, 9.17) is 4.74 Å². The van der Waals surface area contributed by atoms with E-state index in [1.165, 1.54) is 0 Å². The van der Waals surface area contributed by atoms with Crippen LogP contribution in [0.1, 0.15) is 48.9 Å². The van der Waals surface area contributed by atoms with Crippen LogP contribution in [-0.4, -0.2) is 57.0 Å². The van der Waals surface area contributed by atoms with Gasteiger partial charge in [0.25, 0.3) is 15.9 Å². The van der Waals surface area contributed by atoms with Crippen LogP contribution in [0.5, 0.6) is 5.75 Å². The Labute approximate surface area is 264 Å². The fourth-order valence-corrected chi connectivity index (χ4v) is 7.91. The van der Waals surface area contributed by atoms with E-state index in [0.717, 1.165) is 15.6 Å². The van der Waals surface area contributed by atoms with Crippen molar-refractivity contribution in [2.24, 2.45) is 0 Å². The molecule has 0 N–H and O–H groups in total. The number of sulfonamides is 1. The molecule has 1 atom stereocenters. The first-order chi connectivity index (χ1) is 21.7. The van der Waals surface area contributed by atoms with Gasteiger partial charge < -0.3 is 9.64 Å². The SMILES string of the molecule is CCOc1ccccc1C1(N2CCN(c3ccncc3)CC2)C(=O)N(S(=O)(=O)c2ccc(C(C)C)cc2)c2ccc(C#N)cc21. The standard InChI is InChI=1S/C35H35N5O4S/c1-4-44-33-8-6-5-7-30(33)35(39-21-19-38(20-22-39)28-15-17-37-18-16-28)31-23-26(24-36)9-14-32(31)40(34(35)41)45(42,43)29-12-10-27(11-13-29)25(2)3/h5-18,23,25H,4,19-22H2,1-3H3. The summed E-state index contributed by atoms with van der Waals surface area (Å²) in [6.45, 7) is 8.37. The Morgan fingerprint density at radius 2 is 1.62 bits per heavy atom. The lowest BCUT2D eigenvalue weighted by molar-refractivity contribution is -0.127. The molecule has 1 amide bonds. The lowest BCUT2D eigenvalue weighted by Crippen LogP contribution is -2.60. The molecule has 0 aliphatic carbocycles. The third-order valence-electron chi connectivity index (χ3n) is 8.67. The third kappa shape index (κ3) is 5.02. The van der Waals surface area contributed by atoms with Gasteiger partial charge in [-0.2, -0.15) is 5.26 Å². The number of nitrogens with zero attached hydrogens (tertiary/aromatic N) is 5. The molecule has 0 spiro atoms. The van der Waals surface area contributed by atoms with Gasteiger partial charge in [-0.25, -0.2) is 12.7 Å². The van der Waals surface area contributed by atoms with Gasteiger partial charge in [0.15, 0.2) is 5.54 Å². The quantitative estimate of drug-likeness (QED) is 0.262. The molecule has 1 saturated heterocycles. The van der Waals surface area contributed by atoms with Gasteiger partial charge in [0.1, 0.15) is 5.75 Å². The van der Waals surface area contributed by atoms with E-state index >= 15 is 4.79 Å². The first kappa shape index (κ1) is 30.3. The van der Waals surface area contributed by atoms with Crippen LogP contribution in [0, 0.1) is 11.3 Å². The van der Waals surface area contributed by atoms with Gasteiger partial charge in [0.05, 0.1) is 28.8 Å². The Morgan fingerprint density at radius 1 is 0.933 bits per heavy atom. The summed E-state index contributed by atoms with van der Waals surface area (Å²) in [5.41, 5.74) is 1.99. The number of anilines is 2. The minimum Gasteiger partial charge on any atom is -0.493 e. The van der Waals surface area contributed by atoms with E-state index in [0.29, 0.717) is 55.2 Å². The highest BCUT2D eigenvalue weighted by Crippen LogP contribution is 2.53. The van der Waals surface area contributed by atoms with Crippen LogP contribution < -0.4 is 13.9 Å². The van der Waals surface area contributed by atoms with E-state index in [9.17, 15) is 13.7 Å². The molecule has 2 aliphatic heterocycles. The summed E-state index contributed by atoms with van der Waals surface area (Å²) in [7, 11) is -4.34. The zero-order valence-corrected chi connectivity index (χ0v) is 26.4. The lowest BCUT2D eigenvalue weighted by Gasteiger charge is -2.46. The molecule has 1 fully saturated rings. The van der Waals surface area contributed by atoms with Gasteiger partial charge >= 0.3 is 0 Å². The highest BCUT2D eigenvalue weighted by atomic mass is 32.2. The summed E-state index contributed by atoms with van der Waals surface area (Å²) in [6.07, 6.45) is 3.50. The largest absolute Gasteiger partial charge is 0.493 e. The number of amides is 1. The smallest absolute Gasteiger partial charge is 0.271 e. The van der Waals surface area contributed by atoms with Gasteiger partial charge in [-0.05, 0) is 66.9 Å². The maximum atomic E-state index is 15.2. The molecule has 6 rings (SSSR count). The van der Waals surface area contributed by atoms with Gasteiger partial charge in [0.2, 0.25) is 0 Å². The van der Waals surface area contributed by atoms with E-state index in [1.54, 1.807) is 60.9 Å². The molecule has 9 nitrogen and oxygen atoms in total. The second-order valence-electron chi connectivity index (χ2n) is 11.5. The number of nitriles is 1. The highest BCUT2D eigenvalue weighted by molar-refractivity contribution is 7.93. The number of benzene rings is 3. The fourth-order valence-electron chi connectivity index (χ4n) is 6.45.